The summed E-state index contributed by atoms with van der Waals surface area (Å²) in [6.45, 7) is -0.922. The highest BCUT2D eigenvalue weighted by atomic mass is 35.5. The molecule has 4 atom stereocenters. The van der Waals surface area contributed by atoms with Crippen molar-refractivity contribution in [1.82, 2.24) is 4.90 Å². The van der Waals surface area contributed by atoms with Crippen LogP contribution in [0.25, 0.3) is 0 Å². The van der Waals surface area contributed by atoms with Crippen LogP contribution in [-0.2, 0) is 19.9 Å². The van der Waals surface area contributed by atoms with E-state index in [2.05, 4.69) is 5.32 Å². The van der Waals surface area contributed by atoms with Crippen LogP contribution in [0, 0.1) is 11.8 Å². The second-order valence-electron chi connectivity index (χ2n) is 9.15. The smallest absolute Gasteiger partial charge is 0.310 e. The van der Waals surface area contributed by atoms with Gasteiger partial charge in [-0.2, -0.15) is 0 Å². The number of carbonyl (C=O) groups is 3. The first kappa shape index (κ1) is 25.5. The Morgan fingerprint density at radius 2 is 1.69 bits per heavy atom. The van der Waals surface area contributed by atoms with Gasteiger partial charge in [0.1, 0.15) is 11.5 Å². The van der Waals surface area contributed by atoms with Gasteiger partial charge in [-0.05, 0) is 30.3 Å². The summed E-state index contributed by atoms with van der Waals surface area (Å²) in [4.78, 5) is 42.4. The highest BCUT2D eigenvalue weighted by Gasteiger charge is 2.74. The van der Waals surface area contributed by atoms with E-state index in [0.29, 0.717) is 0 Å². The first-order chi connectivity index (χ1) is 16.8. The largest absolute Gasteiger partial charge is 0.481 e. The predicted octanol–water partition coefficient (Wildman–Crippen LogP) is 5.15. The lowest BCUT2D eigenvalue weighted by molar-refractivity contribution is -0.153. The Balaban J connectivity index is 1.71. The minimum absolute atomic E-state index is 0.0230. The van der Waals surface area contributed by atoms with Gasteiger partial charge in [0, 0.05) is 45.8 Å². The Morgan fingerprint density at radius 3 is 2.31 bits per heavy atom. The van der Waals surface area contributed by atoms with Crippen LogP contribution in [0.2, 0.25) is 20.1 Å². The molecule has 0 radical (unpaired) electrons. The first-order valence-electron chi connectivity index (χ1n) is 10.7. The van der Waals surface area contributed by atoms with Crippen molar-refractivity contribution >= 4 is 75.6 Å². The summed E-state index contributed by atoms with van der Waals surface area (Å²) in [7, 11) is 1.36. The van der Waals surface area contributed by atoms with Gasteiger partial charge in [0.25, 0.3) is 11.8 Å². The van der Waals surface area contributed by atoms with E-state index in [9.17, 15) is 28.3 Å². The number of fused-ring (bicyclic) bond motifs is 4. The van der Waals surface area contributed by atoms with Crippen molar-refractivity contribution in [2.45, 2.75) is 23.9 Å². The summed E-state index contributed by atoms with van der Waals surface area (Å²) >= 11 is 24.6. The zero-order valence-electron chi connectivity index (χ0n) is 18.4. The van der Waals surface area contributed by atoms with Crippen LogP contribution >= 0.6 is 46.4 Å². The SMILES string of the molecule is CN(C(=O)[C@H]1[C@H]2CC(F)(F)CN2C2(C(=O)Nc3c(Cl)cc(Cl)cc32)[C@H]1C(=O)O)c1cc(Cl)cc(Cl)c1. The summed E-state index contributed by atoms with van der Waals surface area (Å²) in [5.41, 5.74) is -1.77. The van der Waals surface area contributed by atoms with Crippen LogP contribution in [0.1, 0.15) is 12.0 Å². The average molecular weight is 579 g/mol. The summed E-state index contributed by atoms with van der Waals surface area (Å²) in [6, 6.07) is 5.73. The van der Waals surface area contributed by atoms with Crippen LogP contribution in [-0.4, -0.2) is 53.3 Å². The standard InChI is InChI=1S/C23H17Cl4F2N3O4/c1-31(12-3-9(24)2-10(25)4-12)19(33)16-15-7-22(28,29)8-32(15)23(17(16)20(34)35)13-5-11(26)6-14(27)18(13)30-21(23)36/h2-6,15-17H,7-8H2,1H3,(H,30,36)(H,34,35)/t15-,16+,17-,23?/m1/s1. The van der Waals surface area contributed by atoms with Crippen LogP contribution in [0.4, 0.5) is 20.2 Å². The number of aliphatic carboxylic acids is 1. The molecule has 2 aromatic rings. The molecule has 2 saturated heterocycles. The third kappa shape index (κ3) is 3.59. The third-order valence-corrected chi connectivity index (χ3v) is 8.11. The number of hydrogen-bond donors (Lipinski definition) is 2. The van der Waals surface area contributed by atoms with E-state index in [0.717, 1.165) is 9.80 Å². The molecule has 0 saturated carbocycles. The monoisotopic (exact) mass is 577 g/mol. The van der Waals surface area contributed by atoms with Crippen molar-refractivity contribution in [2.24, 2.45) is 11.8 Å². The molecule has 0 aliphatic carbocycles. The number of nitrogens with zero attached hydrogens (tertiary/aromatic N) is 2. The van der Waals surface area contributed by atoms with Crippen LogP contribution in [0.5, 0.6) is 0 Å². The van der Waals surface area contributed by atoms with Gasteiger partial charge in [-0.25, -0.2) is 8.78 Å². The number of benzene rings is 2. The minimum atomic E-state index is -3.27. The molecule has 2 amide bonds. The molecule has 2 N–H and O–H groups in total. The molecule has 2 aromatic carbocycles. The van der Waals surface area contributed by atoms with Crippen molar-refractivity contribution in [2.75, 3.05) is 23.8 Å². The van der Waals surface area contributed by atoms with E-state index in [1.54, 1.807) is 0 Å². The van der Waals surface area contributed by atoms with Gasteiger partial charge in [0.05, 0.1) is 23.2 Å². The van der Waals surface area contributed by atoms with Crippen molar-refractivity contribution in [3.8, 4) is 0 Å². The zero-order chi connectivity index (χ0) is 26.3. The number of carboxylic acids is 1. The number of alkyl halides is 2. The normalized spacial score (nSPS) is 28.2. The number of rotatable bonds is 3. The molecule has 1 spiro atoms. The molecule has 7 nitrogen and oxygen atoms in total. The lowest BCUT2D eigenvalue weighted by Gasteiger charge is -2.36. The zero-order valence-corrected chi connectivity index (χ0v) is 21.4. The lowest BCUT2D eigenvalue weighted by atomic mass is 9.73. The molecule has 3 aliphatic rings. The molecule has 13 heteroatoms. The fourth-order valence-electron chi connectivity index (χ4n) is 5.86. The second kappa shape index (κ2) is 8.43. The van der Waals surface area contributed by atoms with E-state index < -0.39 is 60.1 Å². The van der Waals surface area contributed by atoms with Gasteiger partial charge in [0.2, 0.25) is 5.91 Å². The van der Waals surface area contributed by atoms with Gasteiger partial charge < -0.3 is 15.3 Å². The summed E-state index contributed by atoms with van der Waals surface area (Å²) in [6.07, 6.45) is -0.810. The number of hydrogen-bond acceptors (Lipinski definition) is 4. The maximum Gasteiger partial charge on any atom is 0.310 e. The fraction of sp³-hybridized carbons (Fsp3) is 0.348. The molecule has 0 aromatic heterocycles. The highest BCUT2D eigenvalue weighted by Crippen LogP contribution is 2.61. The molecule has 190 valence electrons. The molecular weight excluding hydrogens is 562 g/mol. The van der Waals surface area contributed by atoms with E-state index in [-0.39, 0.29) is 37.0 Å². The Morgan fingerprint density at radius 1 is 1.08 bits per heavy atom. The predicted molar refractivity (Wildman–Crippen MR) is 131 cm³/mol. The number of halogens is 6. The molecule has 36 heavy (non-hydrogen) atoms. The van der Waals surface area contributed by atoms with E-state index in [4.69, 9.17) is 46.4 Å². The maximum atomic E-state index is 14.8. The Labute approximate surface area is 223 Å². The number of amides is 2. The fourth-order valence-corrected chi connectivity index (χ4v) is 6.92. The number of nitrogens with one attached hydrogen (secondary N) is 1. The van der Waals surface area contributed by atoms with Gasteiger partial charge in [-0.15, -0.1) is 0 Å². The summed E-state index contributed by atoms with van der Waals surface area (Å²) in [5.74, 6) is -9.65. The van der Waals surface area contributed by atoms with Gasteiger partial charge in [0.15, 0.2) is 0 Å². The van der Waals surface area contributed by atoms with E-state index in [1.807, 2.05) is 0 Å². The number of carboxylic acid groups (broad SMARTS) is 1. The van der Waals surface area contributed by atoms with Crippen molar-refractivity contribution in [1.29, 1.82) is 0 Å². The van der Waals surface area contributed by atoms with Gasteiger partial charge >= 0.3 is 5.97 Å². The third-order valence-electron chi connectivity index (χ3n) is 7.15. The number of anilines is 2. The van der Waals surface area contributed by atoms with Crippen LogP contribution in [0.15, 0.2) is 30.3 Å². The maximum absolute atomic E-state index is 14.8. The topological polar surface area (TPSA) is 90.0 Å². The molecule has 5 rings (SSSR count). The first-order valence-corrected chi connectivity index (χ1v) is 12.2. The summed E-state index contributed by atoms with van der Waals surface area (Å²) < 4.78 is 29.7. The van der Waals surface area contributed by atoms with Gasteiger partial charge in [-0.1, -0.05) is 46.4 Å². The van der Waals surface area contributed by atoms with Crippen molar-refractivity contribution < 1.29 is 28.3 Å². The minimum Gasteiger partial charge on any atom is -0.481 e. The van der Waals surface area contributed by atoms with Crippen molar-refractivity contribution in [3.05, 3.63) is 56.0 Å². The van der Waals surface area contributed by atoms with E-state index in [1.165, 1.54) is 37.4 Å². The van der Waals surface area contributed by atoms with Crippen LogP contribution < -0.4 is 10.2 Å². The Bertz CT molecular complexity index is 1320. The second-order valence-corrected chi connectivity index (χ2v) is 10.9. The number of carbonyl (C=O) groups excluding carboxylic acids is 2. The molecule has 2 fully saturated rings. The van der Waals surface area contributed by atoms with Crippen LogP contribution in [0.3, 0.4) is 0 Å². The average Bonchev–Trinajstić information content (AvgIpc) is 3.33. The molecule has 3 aliphatic heterocycles. The van der Waals surface area contributed by atoms with E-state index >= 15 is 0 Å². The lowest BCUT2D eigenvalue weighted by Crippen LogP contribution is -2.54. The molecule has 3 heterocycles. The molecule has 1 unspecified atom stereocenters. The quantitative estimate of drug-likeness (QED) is 0.526. The summed E-state index contributed by atoms with van der Waals surface area (Å²) in [5, 5.41) is 13.5. The van der Waals surface area contributed by atoms with Crippen molar-refractivity contribution in [3.63, 3.8) is 0 Å². The molecule has 0 bridgehead atoms. The Kier molecular flexibility index (Phi) is 5.96. The Hall–Kier alpha value is -2.17. The highest BCUT2D eigenvalue weighted by molar-refractivity contribution is 6.38. The molecular formula is C23H17Cl4F2N3O4. The van der Waals surface area contributed by atoms with Gasteiger partial charge in [-0.3, -0.25) is 19.3 Å².